The van der Waals surface area contributed by atoms with Gasteiger partial charge in [0.15, 0.2) is 0 Å². The number of fused-ring (bicyclic) bond motifs is 3. The minimum atomic E-state index is -0.977. The number of benzene rings is 2. The number of carbonyl (C=O) groups excluding carboxylic acids is 2. The van der Waals surface area contributed by atoms with Crippen LogP contribution in [-0.4, -0.2) is 35.2 Å². The molecule has 0 radical (unpaired) electrons. The summed E-state index contributed by atoms with van der Waals surface area (Å²) in [6.07, 6.45) is 4.02. The molecule has 2 amide bonds. The van der Waals surface area contributed by atoms with E-state index in [1.54, 1.807) is 24.3 Å². The molecule has 0 bridgehead atoms. The number of anilines is 1. The minimum Gasteiger partial charge on any atom is -0.508 e. The van der Waals surface area contributed by atoms with Crippen molar-refractivity contribution in [3.8, 4) is 5.75 Å². The maximum Gasteiger partial charge on any atom is 0.455 e. The summed E-state index contributed by atoms with van der Waals surface area (Å²) in [4.78, 5) is 28.6. The van der Waals surface area contributed by atoms with Crippen molar-refractivity contribution >= 4 is 30.7 Å². The fourth-order valence-corrected chi connectivity index (χ4v) is 6.41. The van der Waals surface area contributed by atoms with Gasteiger partial charge in [0.2, 0.25) is 11.8 Å². The summed E-state index contributed by atoms with van der Waals surface area (Å²) >= 11 is 0. The van der Waals surface area contributed by atoms with Crippen LogP contribution in [0.5, 0.6) is 5.75 Å². The highest BCUT2D eigenvalue weighted by Gasteiger charge is 2.57. The molecule has 3 aliphatic rings. The SMILES string of the molecule is C/C(=C\c1cccc(O)c1)CC[C@H]1OB(O)C[C@H]2C1=C(C(C)C)C[C@H]1C(=O)N(c3ccccc3)C(=O)[C@H]12. The average Bonchev–Trinajstić information content (AvgIpc) is 3.12. The van der Waals surface area contributed by atoms with E-state index in [0.29, 0.717) is 24.8 Å². The normalized spacial score (nSPS) is 26.1. The fourth-order valence-electron chi connectivity index (χ4n) is 6.41. The van der Waals surface area contributed by atoms with Gasteiger partial charge in [-0.2, -0.15) is 0 Å². The van der Waals surface area contributed by atoms with Crippen LogP contribution >= 0.6 is 0 Å². The summed E-state index contributed by atoms with van der Waals surface area (Å²) in [6, 6.07) is 16.3. The summed E-state index contributed by atoms with van der Waals surface area (Å²) in [5.74, 6) is -0.970. The molecule has 2 aromatic rings. The Hall–Kier alpha value is -3.16. The average molecular weight is 499 g/mol. The third-order valence-electron chi connectivity index (χ3n) is 8.04. The van der Waals surface area contributed by atoms with Crippen molar-refractivity contribution in [2.24, 2.45) is 23.7 Å². The lowest BCUT2D eigenvalue weighted by Crippen LogP contribution is -2.46. The Kier molecular flexibility index (Phi) is 7.10. The molecule has 192 valence electrons. The van der Waals surface area contributed by atoms with Crippen molar-refractivity contribution < 1.29 is 24.4 Å². The molecular formula is C30H34BNO5. The molecule has 2 aliphatic heterocycles. The summed E-state index contributed by atoms with van der Waals surface area (Å²) in [5, 5.41) is 20.5. The quantitative estimate of drug-likeness (QED) is 0.323. The van der Waals surface area contributed by atoms with Gasteiger partial charge in [0.05, 0.1) is 23.6 Å². The number of phenolic OH excluding ortho intramolecular Hbond substituents is 1. The van der Waals surface area contributed by atoms with Crippen molar-refractivity contribution in [1.82, 2.24) is 0 Å². The molecule has 0 unspecified atom stereocenters. The van der Waals surface area contributed by atoms with Gasteiger partial charge in [-0.1, -0.05) is 61.4 Å². The van der Waals surface area contributed by atoms with Gasteiger partial charge in [-0.3, -0.25) is 14.5 Å². The number of hydrogen-bond donors (Lipinski definition) is 2. The summed E-state index contributed by atoms with van der Waals surface area (Å²) in [5.41, 5.74) is 4.97. The standard InChI is InChI=1S/C30H34BNO5/c1-18(2)23-16-24-28(30(35)32(29(24)34)21-9-5-4-6-10-21)25-17-31(36)37-26(27(23)25)13-12-19(3)14-20-8-7-11-22(33)15-20/h4-11,14-15,18,24-26,28,33,36H,12-13,16-17H2,1-3H3/b19-14+/t24-,25+,26-,28-/m1/s1. The van der Waals surface area contributed by atoms with Gasteiger partial charge in [-0.05, 0) is 79.7 Å². The number of rotatable bonds is 6. The number of imide groups is 1. The van der Waals surface area contributed by atoms with Crippen LogP contribution in [0.15, 0.2) is 71.3 Å². The first-order valence-electron chi connectivity index (χ1n) is 13.2. The van der Waals surface area contributed by atoms with Gasteiger partial charge in [0.25, 0.3) is 0 Å². The van der Waals surface area contributed by atoms with Crippen molar-refractivity contribution in [2.45, 2.75) is 52.5 Å². The molecule has 0 spiro atoms. The number of aromatic hydroxyl groups is 1. The zero-order valence-electron chi connectivity index (χ0n) is 21.6. The molecule has 2 heterocycles. The number of allylic oxidation sites excluding steroid dienone is 2. The summed E-state index contributed by atoms with van der Waals surface area (Å²) in [6.45, 7) is 6.31. The van der Waals surface area contributed by atoms with E-state index in [4.69, 9.17) is 4.65 Å². The van der Waals surface area contributed by atoms with Crippen LogP contribution in [0.25, 0.3) is 6.08 Å². The maximum atomic E-state index is 13.7. The number of nitrogens with zero attached hydrogens (tertiary/aromatic N) is 1. The van der Waals surface area contributed by atoms with Crippen molar-refractivity contribution in [1.29, 1.82) is 0 Å². The molecular weight excluding hydrogens is 465 g/mol. The molecule has 4 atom stereocenters. The van der Waals surface area contributed by atoms with E-state index < -0.39 is 19.0 Å². The Balaban J connectivity index is 1.44. The monoisotopic (exact) mass is 499 g/mol. The van der Waals surface area contributed by atoms with E-state index in [9.17, 15) is 19.7 Å². The lowest BCUT2D eigenvalue weighted by molar-refractivity contribution is -0.122. The van der Waals surface area contributed by atoms with E-state index in [1.807, 2.05) is 43.3 Å². The second-order valence-corrected chi connectivity index (χ2v) is 10.9. The number of hydrogen-bond acceptors (Lipinski definition) is 5. The van der Waals surface area contributed by atoms with Gasteiger partial charge >= 0.3 is 7.12 Å². The minimum absolute atomic E-state index is 0.138. The largest absolute Gasteiger partial charge is 0.508 e. The van der Waals surface area contributed by atoms with E-state index in [-0.39, 0.29) is 35.5 Å². The first-order chi connectivity index (χ1) is 17.7. The van der Waals surface area contributed by atoms with Gasteiger partial charge in [-0.25, -0.2) is 0 Å². The topological polar surface area (TPSA) is 87.1 Å². The predicted molar refractivity (Wildman–Crippen MR) is 145 cm³/mol. The van der Waals surface area contributed by atoms with Crippen LogP contribution in [-0.2, 0) is 14.2 Å². The molecule has 7 heteroatoms. The van der Waals surface area contributed by atoms with Crippen molar-refractivity contribution in [3.05, 3.63) is 76.9 Å². The second kappa shape index (κ2) is 10.3. The van der Waals surface area contributed by atoms with Crippen LogP contribution in [0.1, 0.15) is 45.6 Å². The zero-order chi connectivity index (χ0) is 26.3. The highest BCUT2D eigenvalue weighted by Crippen LogP contribution is 2.52. The first kappa shape index (κ1) is 25.5. The first-order valence-corrected chi connectivity index (χ1v) is 13.2. The van der Waals surface area contributed by atoms with E-state index in [0.717, 1.165) is 23.1 Å². The lowest BCUT2D eigenvalue weighted by Gasteiger charge is -2.44. The number of carbonyl (C=O) groups is 2. The lowest BCUT2D eigenvalue weighted by atomic mass is 9.57. The van der Waals surface area contributed by atoms with Crippen molar-refractivity contribution in [3.63, 3.8) is 0 Å². The van der Waals surface area contributed by atoms with Gasteiger partial charge < -0.3 is 14.8 Å². The van der Waals surface area contributed by atoms with Gasteiger partial charge in [-0.15, -0.1) is 0 Å². The molecule has 0 saturated carbocycles. The molecule has 2 aromatic carbocycles. The van der Waals surface area contributed by atoms with E-state index in [1.165, 1.54) is 10.5 Å². The smallest absolute Gasteiger partial charge is 0.455 e. The molecule has 6 nitrogen and oxygen atoms in total. The molecule has 5 rings (SSSR count). The van der Waals surface area contributed by atoms with E-state index >= 15 is 0 Å². The van der Waals surface area contributed by atoms with Crippen molar-refractivity contribution in [2.75, 3.05) is 4.90 Å². The molecule has 2 N–H and O–H groups in total. The molecule has 37 heavy (non-hydrogen) atoms. The maximum absolute atomic E-state index is 13.7. The fraction of sp³-hybridized carbons (Fsp3) is 0.400. The van der Waals surface area contributed by atoms with Crippen LogP contribution < -0.4 is 4.90 Å². The number of amides is 2. The highest BCUT2D eigenvalue weighted by atomic mass is 16.5. The summed E-state index contributed by atoms with van der Waals surface area (Å²) < 4.78 is 6.10. The third-order valence-corrected chi connectivity index (χ3v) is 8.04. The van der Waals surface area contributed by atoms with Gasteiger partial charge in [0.1, 0.15) is 5.75 Å². The van der Waals surface area contributed by atoms with Crippen LogP contribution in [0.4, 0.5) is 5.69 Å². The highest BCUT2D eigenvalue weighted by molar-refractivity contribution is 6.43. The number of para-hydroxylation sites is 1. The Labute approximate surface area is 218 Å². The van der Waals surface area contributed by atoms with Crippen LogP contribution in [0, 0.1) is 23.7 Å². The Morgan fingerprint density at radius 2 is 1.86 bits per heavy atom. The zero-order valence-corrected chi connectivity index (χ0v) is 21.6. The van der Waals surface area contributed by atoms with Crippen LogP contribution in [0.3, 0.4) is 0 Å². The third kappa shape index (κ3) is 4.90. The Morgan fingerprint density at radius 1 is 1.11 bits per heavy atom. The second-order valence-electron chi connectivity index (χ2n) is 10.9. The van der Waals surface area contributed by atoms with E-state index in [2.05, 4.69) is 13.8 Å². The predicted octanol–water partition coefficient (Wildman–Crippen LogP) is 5.23. The van der Waals surface area contributed by atoms with Crippen LogP contribution in [0.2, 0.25) is 6.32 Å². The van der Waals surface area contributed by atoms with Gasteiger partial charge in [0, 0.05) is 0 Å². The number of phenols is 1. The molecule has 0 aromatic heterocycles. The molecule has 1 aliphatic carbocycles. The molecule has 2 fully saturated rings. The summed E-state index contributed by atoms with van der Waals surface area (Å²) in [7, 11) is -0.977. The molecule has 2 saturated heterocycles. The Morgan fingerprint density at radius 3 is 2.57 bits per heavy atom. The Bertz CT molecular complexity index is 1250.